The van der Waals surface area contributed by atoms with Crippen LogP contribution in [0.25, 0.3) is 11.4 Å². The first-order valence-corrected chi connectivity index (χ1v) is 8.30. The molecule has 1 aromatic carbocycles. The van der Waals surface area contributed by atoms with Gasteiger partial charge in [0.2, 0.25) is 0 Å². The molecule has 1 aliphatic rings. The van der Waals surface area contributed by atoms with Gasteiger partial charge in [-0.3, -0.25) is 14.8 Å². The van der Waals surface area contributed by atoms with Crippen LogP contribution in [-0.2, 0) is 19.5 Å². The number of hydrogen-bond donors (Lipinski definition) is 2. The molecule has 2 N–H and O–H groups in total. The third-order valence-electron chi connectivity index (χ3n) is 4.50. The fourth-order valence-corrected chi connectivity index (χ4v) is 3.17. The van der Waals surface area contributed by atoms with Gasteiger partial charge in [0.1, 0.15) is 11.5 Å². The highest BCUT2D eigenvalue weighted by atomic mass is 19.3. The molecule has 1 aliphatic heterocycles. The van der Waals surface area contributed by atoms with Gasteiger partial charge in [-0.25, -0.2) is 13.8 Å². The number of rotatable bonds is 4. The van der Waals surface area contributed by atoms with Crippen molar-refractivity contribution in [2.75, 3.05) is 6.54 Å². The van der Waals surface area contributed by atoms with Gasteiger partial charge in [0.15, 0.2) is 0 Å². The second kappa shape index (κ2) is 6.80. The number of nitrogens with one attached hydrogen (secondary N) is 2. The quantitative estimate of drug-likeness (QED) is 0.753. The Bertz CT molecular complexity index is 964. The number of fused-ring (bicyclic) bond motifs is 1. The average molecular weight is 357 g/mol. The SMILES string of the molecule is O=c1cc(C(F)F)nc(-c2ccc(CN3CCc4[nH]ncc4C3)cc2)[nH]1. The van der Waals surface area contributed by atoms with Crippen molar-refractivity contribution in [2.24, 2.45) is 0 Å². The van der Waals surface area contributed by atoms with E-state index in [-0.39, 0.29) is 5.82 Å². The number of aromatic amines is 2. The fraction of sp³-hybridized carbons (Fsp3) is 0.278. The molecule has 3 aromatic rings. The summed E-state index contributed by atoms with van der Waals surface area (Å²) in [5.74, 6) is 0.153. The maximum Gasteiger partial charge on any atom is 0.280 e. The van der Waals surface area contributed by atoms with E-state index >= 15 is 0 Å². The normalized spacial score (nSPS) is 14.6. The number of nitrogens with zero attached hydrogens (tertiary/aromatic N) is 3. The van der Waals surface area contributed by atoms with Crippen molar-refractivity contribution in [3.05, 3.63) is 69.4 Å². The molecule has 6 nitrogen and oxygen atoms in total. The minimum absolute atomic E-state index is 0.153. The number of halogens is 2. The molecule has 0 saturated heterocycles. The number of benzene rings is 1. The van der Waals surface area contributed by atoms with Crippen molar-refractivity contribution in [3.8, 4) is 11.4 Å². The second-order valence-electron chi connectivity index (χ2n) is 6.35. The van der Waals surface area contributed by atoms with E-state index in [1.165, 1.54) is 11.3 Å². The Labute approximate surface area is 147 Å². The third kappa shape index (κ3) is 3.41. The molecule has 8 heteroatoms. The van der Waals surface area contributed by atoms with Crippen molar-refractivity contribution >= 4 is 0 Å². The first-order valence-electron chi connectivity index (χ1n) is 8.30. The molecule has 3 heterocycles. The Morgan fingerprint density at radius 3 is 2.81 bits per heavy atom. The minimum atomic E-state index is -2.78. The molecule has 0 unspecified atom stereocenters. The number of aromatic nitrogens is 4. The monoisotopic (exact) mass is 357 g/mol. The summed E-state index contributed by atoms with van der Waals surface area (Å²) in [4.78, 5) is 20.2. The van der Waals surface area contributed by atoms with Crippen LogP contribution in [0.2, 0.25) is 0 Å². The summed E-state index contributed by atoms with van der Waals surface area (Å²) in [6.07, 6.45) is 0.0314. The molecule has 26 heavy (non-hydrogen) atoms. The summed E-state index contributed by atoms with van der Waals surface area (Å²) in [5, 5.41) is 7.09. The summed E-state index contributed by atoms with van der Waals surface area (Å²) < 4.78 is 25.6. The molecular formula is C18H17F2N5O. The van der Waals surface area contributed by atoms with Crippen molar-refractivity contribution in [1.29, 1.82) is 0 Å². The standard InChI is InChI=1S/C18H17F2N5O/c19-17(20)15-7-16(26)23-18(22-15)12-3-1-11(2-4-12)9-25-6-5-14-13(10-25)8-21-24-14/h1-4,7-8,17H,5-6,9-10H2,(H,21,24)(H,22,23,26). The number of hydrogen-bond acceptors (Lipinski definition) is 4. The largest absolute Gasteiger partial charge is 0.307 e. The molecule has 0 saturated carbocycles. The van der Waals surface area contributed by atoms with E-state index in [1.807, 2.05) is 18.3 Å². The van der Waals surface area contributed by atoms with Gasteiger partial charge in [0.25, 0.3) is 12.0 Å². The van der Waals surface area contributed by atoms with Crippen molar-refractivity contribution in [1.82, 2.24) is 25.1 Å². The van der Waals surface area contributed by atoms with Gasteiger partial charge in [0, 0.05) is 48.9 Å². The van der Waals surface area contributed by atoms with Crippen LogP contribution < -0.4 is 5.56 Å². The molecule has 2 aromatic heterocycles. The predicted molar refractivity (Wildman–Crippen MR) is 91.7 cm³/mol. The summed E-state index contributed by atoms with van der Waals surface area (Å²) in [5.41, 5.74) is 3.02. The lowest BCUT2D eigenvalue weighted by molar-refractivity contribution is 0.146. The molecule has 0 radical (unpaired) electrons. The van der Waals surface area contributed by atoms with E-state index in [4.69, 9.17) is 0 Å². The maximum absolute atomic E-state index is 12.8. The van der Waals surface area contributed by atoms with Crippen molar-refractivity contribution < 1.29 is 8.78 Å². The highest BCUT2D eigenvalue weighted by Gasteiger charge is 2.18. The summed E-state index contributed by atoms with van der Waals surface area (Å²) in [6, 6.07) is 8.25. The smallest absolute Gasteiger partial charge is 0.280 e. The lowest BCUT2D eigenvalue weighted by Gasteiger charge is -2.26. The van der Waals surface area contributed by atoms with Crippen LogP contribution in [0.5, 0.6) is 0 Å². The maximum atomic E-state index is 12.8. The Morgan fingerprint density at radius 1 is 1.23 bits per heavy atom. The summed E-state index contributed by atoms with van der Waals surface area (Å²) in [6.45, 7) is 2.58. The molecule has 0 amide bonds. The van der Waals surface area contributed by atoms with E-state index in [9.17, 15) is 13.6 Å². The zero-order chi connectivity index (χ0) is 18.1. The Hall–Kier alpha value is -2.87. The number of H-pyrrole nitrogens is 2. The van der Waals surface area contributed by atoms with Gasteiger partial charge in [-0.15, -0.1) is 0 Å². The zero-order valence-electron chi connectivity index (χ0n) is 13.9. The van der Waals surface area contributed by atoms with Crippen molar-refractivity contribution in [3.63, 3.8) is 0 Å². The van der Waals surface area contributed by atoms with Crippen LogP contribution in [-0.4, -0.2) is 31.6 Å². The van der Waals surface area contributed by atoms with Gasteiger partial charge < -0.3 is 4.98 Å². The first kappa shape index (κ1) is 16.6. The van der Waals surface area contributed by atoms with Gasteiger partial charge in [-0.1, -0.05) is 24.3 Å². The van der Waals surface area contributed by atoms with Crippen LogP contribution in [0.4, 0.5) is 8.78 Å². The van der Waals surface area contributed by atoms with E-state index in [0.717, 1.165) is 37.7 Å². The molecular weight excluding hydrogens is 340 g/mol. The van der Waals surface area contributed by atoms with Crippen LogP contribution >= 0.6 is 0 Å². The second-order valence-corrected chi connectivity index (χ2v) is 6.35. The Balaban J connectivity index is 1.50. The summed E-state index contributed by atoms with van der Waals surface area (Å²) in [7, 11) is 0. The molecule has 4 rings (SSSR count). The summed E-state index contributed by atoms with van der Waals surface area (Å²) >= 11 is 0. The van der Waals surface area contributed by atoms with Crippen LogP contribution in [0, 0.1) is 0 Å². The van der Waals surface area contributed by atoms with Crippen LogP contribution in [0.1, 0.15) is 28.9 Å². The van der Waals surface area contributed by atoms with E-state index in [0.29, 0.717) is 5.56 Å². The van der Waals surface area contributed by atoms with E-state index in [1.54, 1.807) is 12.1 Å². The lowest BCUT2D eigenvalue weighted by atomic mass is 10.1. The average Bonchev–Trinajstić information content (AvgIpc) is 3.09. The van der Waals surface area contributed by atoms with E-state index < -0.39 is 17.7 Å². The molecule has 0 bridgehead atoms. The zero-order valence-corrected chi connectivity index (χ0v) is 13.9. The number of alkyl halides is 2. The molecule has 0 fully saturated rings. The highest BCUT2D eigenvalue weighted by molar-refractivity contribution is 5.55. The molecule has 0 atom stereocenters. The van der Waals surface area contributed by atoms with Crippen LogP contribution in [0.15, 0.2) is 41.3 Å². The Kier molecular flexibility index (Phi) is 4.34. The third-order valence-corrected chi connectivity index (χ3v) is 4.50. The lowest BCUT2D eigenvalue weighted by Crippen LogP contribution is -2.29. The molecule has 0 spiro atoms. The highest BCUT2D eigenvalue weighted by Crippen LogP contribution is 2.21. The van der Waals surface area contributed by atoms with Gasteiger partial charge in [-0.05, 0) is 5.56 Å². The van der Waals surface area contributed by atoms with Gasteiger partial charge >= 0.3 is 0 Å². The topological polar surface area (TPSA) is 77.7 Å². The van der Waals surface area contributed by atoms with E-state index in [2.05, 4.69) is 25.1 Å². The van der Waals surface area contributed by atoms with Gasteiger partial charge in [0.05, 0.1) is 6.20 Å². The van der Waals surface area contributed by atoms with Gasteiger partial charge in [-0.2, -0.15) is 5.10 Å². The van der Waals surface area contributed by atoms with Crippen molar-refractivity contribution in [2.45, 2.75) is 25.9 Å². The molecule has 134 valence electrons. The fourth-order valence-electron chi connectivity index (χ4n) is 3.17. The van der Waals surface area contributed by atoms with Crippen LogP contribution in [0.3, 0.4) is 0 Å². The predicted octanol–water partition coefficient (Wildman–Crippen LogP) is 2.66. The first-order chi connectivity index (χ1) is 12.6. The molecule has 0 aliphatic carbocycles. The minimum Gasteiger partial charge on any atom is -0.307 e. The Morgan fingerprint density at radius 2 is 2.04 bits per heavy atom.